The van der Waals surface area contributed by atoms with Crippen molar-refractivity contribution in [3.63, 3.8) is 0 Å². The third-order valence-electron chi connectivity index (χ3n) is 2.39. The number of nitrogens with zero attached hydrogens (tertiary/aromatic N) is 1. The molecule has 1 aromatic carbocycles. The first-order valence-corrected chi connectivity index (χ1v) is 5.53. The van der Waals surface area contributed by atoms with Gasteiger partial charge >= 0.3 is 12.1 Å². The van der Waals surface area contributed by atoms with Crippen molar-refractivity contribution in [3.8, 4) is 0 Å². The zero-order chi connectivity index (χ0) is 15.3. The molecule has 0 heterocycles. The van der Waals surface area contributed by atoms with Gasteiger partial charge in [0, 0.05) is 19.0 Å². The van der Waals surface area contributed by atoms with E-state index in [4.69, 9.17) is 5.11 Å². The van der Waals surface area contributed by atoms with Crippen molar-refractivity contribution < 1.29 is 28.0 Å². The number of carboxylic acid groups (broad SMARTS) is 1. The number of rotatable bonds is 6. The van der Waals surface area contributed by atoms with E-state index in [9.17, 15) is 28.1 Å². The van der Waals surface area contributed by atoms with Crippen LogP contribution in [0.1, 0.15) is 23.2 Å². The predicted octanol–water partition coefficient (Wildman–Crippen LogP) is 3.05. The van der Waals surface area contributed by atoms with Crippen LogP contribution in [-0.4, -0.2) is 28.7 Å². The van der Waals surface area contributed by atoms with Gasteiger partial charge in [-0.15, -0.1) is 0 Å². The van der Waals surface area contributed by atoms with Gasteiger partial charge in [-0.1, -0.05) is 0 Å². The van der Waals surface area contributed by atoms with Crippen LogP contribution in [0.3, 0.4) is 0 Å². The molecule has 20 heavy (non-hydrogen) atoms. The maximum Gasteiger partial charge on any atom is 0.389 e. The lowest BCUT2D eigenvalue weighted by atomic mass is 10.1. The van der Waals surface area contributed by atoms with E-state index in [1.165, 1.54) is 0 Å². The summed E-state index contributed by atoms with van der Waals surface area (Å²) < 4.78 is 35.8. The smallest absolute Gasteiger partial charge is 0.389 e. The summed E-state index contributed by atoms with van der Waals surface area (Å²) in [7, 11) is 0. The lowest BCUT2D eigenvalue weighted by Crippen LogP contribution is -2.12. The Morgan fingerprint density at radius 1 is 1.40 bits per heavy atom. The van der Waals surface area contributed by atoms with Crippen molar-refractivity contribution in [1.29, 1.82) is 0 Å². The van der Waals surface area contributed by atoms with Gasteiger partial charge in [0.2, 0.25) is 0 Å². The van der Waals surface area contributed by atoms with Gasteiger partial charge in [-0.25, -0.2) is 4.79 Å². The van der Waals surface area contributed by atoms with E-state index in [0.717, 1.165) is 18.2 Å². The lowest BCUT2D eigenvalue weighted by molar-refractivity contribution is -0.384. The van der Waals surface area contributed by atoms with Gasteiger partial charge in [0.05, 0.1) is 10.5 Å². The van der Waals surface area contributed by atoms with E-state index in [1.807, 2.05) is 0 Å². The van der Waals surface area contributed by atoms with Gasteiger partial charge in [0.25, 0.3) is 5.69 Å². The summed E-state index contributed by atoms with van der Waals surface area (Å²) in [6.45, 7) is -0.149. The Morgan fingerprint density at radius 3 is 2.55 bits per heavy atom. The topological polar surface area (TPSA) is 92.5 Å². The number of benzene rings is 1. The van der Waals surface area contributed by atoms with E-state index < -0.39 is 23.5 Å². The summed E-state index contributed by atoms with van der Waals surface area (Å²) in [6.07, 6.45) is -5.58. The van der Waals surface area contributed by atoms with Crippen molar-refractivity contribution >= 4 is 17.3 Å². The molecule has 0 aliphatic heterocycles. The Bertz CT molecular complexity index is 517. The molecule has 0 amide bonds. The van der Waals surface area contributed by atoms with E-state index in [-0.39, 0.29) is 29.9 Å². The van der Waals surface area contributed by atoms with Crippen LogP contribution in [0.15, 0.2) is 18.2 Å². The number of carboxylic acids is 1. The highest BCUT2D eigenvalue weighted by atomic mass is 19.4. The standard InChI is InChI=1S/C11H11F3N2O4/c12-11(13,14)4-1-5-15-8-6-7(10(17)18)2-3-9(8)16(19)20/h2-3,6,15H,1,4-5H2,(H,17,18). The lowest BCUT2D eigenvalue weighted by Gasteiger charge is -2.09. The molecule has 0 saturated carbocycles. The normalized spacial score (nSPS) is 11.2. The number of nitrogens with one attached hydrogen (secondary N) is 1. The van der Waals surface area contributed by atoms with Gasteiger partial charge in [0.1, 0.15) is 5.69 Å². The Hall–Kier alpha value is -2.32. The highest BCUT2D eigenvalue weighted by molar-refractivity contribution is 5.90. The molecule has 0 atom stereocenters. The minimum absolute atomic E-state index is 0.114. The fraction of sp³-hybridized carbons (Fsp3) is 0.364. The molecular formula is C11H11F3N2O4. The average molecular weight is 292 g/mol. The van der Waals surface area contributed by atoms with E-state index in [2.05, 4.69) is 5.32 Å². The number of anilines is 1. The summed E-state index contributed by atoms with van der Waals surface area (Å²) >= 11 is 0. The van der Waals surface area contributed by atoms with Crippen LogP contribution in [0.5, 0.6) is 0 Å². The number of nitro groups is 1. The molecule has 1 aromatic rings. The second-order valence-electron chi connectivity index (χ2n) is 3.94. The molecule has 2 N–H and O–H groups in total. The largest absolute Gasteiger partial charge is 0.478 e. The van der Waals surface area contributed by atoms with Crippen molar-refractivity contribution in [2.24, 2.45) is 0 Å². The number of aromatic carboxylic acids is 1. The van der Waals surface area contributed by atoms with E-state index in [0.29, 0.717) is 0 Å². The molecule has 0 aliphatic rings. The van der Waals surface area contributed by atoms with Gasteiger partial charge in [-0.2, -0.15) is 13.2 Å². The fourth-order valence-corrected chi connectivity index (χ4v) is 1.48. The monoisotopic (exact) mass is 292 g/mol. The van der Waals surface area contributed by atoms with Crippen LogP contribution in [0.25, 0.3) is 0 Å². The Kier molecular flexibility index (Phi) is 4.89. The molecule has 0 saturated heterocycles. The number of hydrogen-bond acceptors (Lipinski definition) is 4. The molecule has 0 aliphatic carbocycles. The summed E-state index contributed by atoms with van der Waals surface area (Å²) in [5, 5.41) is 22.0. The minimum Gasteiger partial charge on any atom is -0.478 e. The predicted molar refractivity (Wildman–Crippen MR) is 63.8 cm³/mol. The first kappa shape index (κ1) is 15.7. The molecule has 6 nitrogen and oxygen atoms in total. The van der Waals surface area contributed by atoms with Crippen molar-refractivity contribution in [3.05, 3.63) is 33.9 Å². The van der Waals surface area contributed by atoms with Crippen LogP contribution >= 0.6 is 0 Å². The molecule has 110 valence electrons. The molecule has 0 spiro atoms. The van der Waals surface area contributed by atoms with Crippen LogP contribution in [0.2, 0.25) is 0 Å². The molecule has 0 bridgehead atoms. The minimum atomic E-state index is -4.30. The third-order valence-corrected chi connectivity index (χ3v) is 2.39. The zero-order valence-electron chi connectivity index (χ0n) is 10.1. The Balaban J connectivity index is 2.78. The molecule has 0 aromatic heterocycles. The third kappa shape index (κ3) is 4.75. The van der Waals surface area contributed by atoms with Gasteiger partial charge in [-0.3, -0.25) is 10.1 Å². The van der Waals surface area contributed by atoms with Crippen LogP contribution in [0.4, 0.5) is 24.5 Å². The molecular weight excluding hydrogens is 281 g/mol. The van der Waals surface area contributed by atoms with Gasteiger partial charge < -0.3 is 10.4 Å². The van der Waals surface area contributed by atoms with Crippen LogP contribution in [-0.2, 0) is 0 Å². The zero-order valence-corrected chi connectivity index (χ0v) is 10.1. The molecule has 1 rings (SSSR count). The maximum absolute atomic E-state index is 11.9. The average Bonchev–Trinajstić information content (AvgIpc) is 2.33. The van der Waals surface area contributed by atoms with E-state index in [1.54, 1.807) is 0 Å². The number of halogens is 3. The Morgan fingerprint density at radius 2 is 2.05 bits per heavy atom. The molecule has 9 heteroatoms. The number of nitro benzene ring substituents is 1. The maximum atomic E-state index is 11.9. The fourth-order valence-electron chi connectivity index (χ4n) is 1.48. The highest BCUT2D eigenvalue weighted by Crippen LogP contribution is 2.26. The van der Waals surface area contributed by atoms with Crippen LogP contribution < -0.4 is 5.32 Å². The van der Waals surface area contributed by atoms with Crippen LogP contribution in [0, 0.1) is 10.1 Å². The summed E-state index contributed by atoms with van der Waals surface area (Å²) in [6, 6.07) is 3.07. The SMILES string of the molecule is O=C(O)c1ccc([N+](=O)[O-])c(NCCCC(F)(F)F)c1. The first-order chi connectivity index (χ1) is 9.20. The number of alkyl halides is 3. The van der Waals surface area contributed by atoms with Crippen molar-refractivity contribution in [1.82, 2.24) is 0 Å². The summed E-state index contributed by atoms with van der Waals surface area (Å²) in [5.41, 5.74) is -0.687. The second kappa shape index (κ2) is 6.22. The highest BCUT2D eigenvalue weighted by Gasteiger charge is 2.26. The summed E-state index contributed by atoms with van der Waals surface area (Å²) in [4.78, 5) is 20.7. The van der Waals surface area contributed by atoms with E-state index >= 15 is 0 Å². The van der Waals surface area contributed by atoms with Crippen molar-refractivity contribution in [2.75, 3.05) is 11.9 Å². The number of hydrogen-bond donors (Lipinski definition) is 2. The summed E-state index contributed by atoms with van der Waals surface area (Å²) in [5.74, 6) is -1.28. The molecule has 0 fully saturated rings. The number of carbonyl (C=O) groups is 1. The first-order valence-electron chi connectivity index (χ1n) is 5.53. The molecule has 0 radical (unpaired) electrons. The van der Waals surface area contributed by atoms with Crippen molar-refractivity contribution in [2.45, 2.75) is 19.0 Å². The molecule has 0 unspecified atom stereocenters. The van der Waals surface area contributed by atoms with Gasteiger partial charge in [-0.05, 0) is 18.6 Å². The quantitative estimate of drug-likeness (QED) is 0.477. The Labute approximate surface area is 111 Å². The second-order valence-corrected chi connectivity index (χ2v) is 3.94. The van der Waals surface area contributed by atoms with Gasteiger partial charge in [0.15, 0.2) is 0 Å².